The largest absolute Gasteiger partial charge is 0.372 e. The molecule has 1 saturated carbocycles. The molecule has 1 atom stereocenters. The van der Waals surface area contributed by atoms with Crippen molar-refractivity contribution in [2.24, 2.45) is 0 Å². The van der Waals surface area contributed by atoms with Crippen LogP contribution in [0.1, 0.15) is 42.9 Å². The van der Waals surface area contributed by atoms with Crippen molar-refractivity contribution in [2.45, 2.75) is 44.2 Å². The molecule has 114 valence electrons. The minimum atomic E-state index is 0.148. The molecule has 0 saturated heterocycles. The molecule has 1 heterocycles. The Morgan fingerprint density at radius 2 is 2.14 bits per heavy atom. The number of hydrogen-bond acceptors (Lipinski definition) is 3. The fourth-order valence-corrected chi connectivity index (χ4v) is 2.78. The Hall–Kier alpha value is -1.39. The number of benzene rings is 1. The van der Waals surface area contributed by atoms with Gasteiger partial charge in [0.05, 0.1) is 12.7 Å². The highest BCUT2D eigenvalue weighted by Gasteiger charge is 2.23. The minimum Gasteiger partial charge on any atom is -0.372 e. The molecular weight excluding hydrogens is 264 g/mol. The minimum absolute atomic E-state index is 0.148. The van der Waals surface area contributed by atoms with Gasteiger partial charge in [0.1, 0.15) is 0 Å². The lowest BCUT2D eigenvalue weighted by atomic mass is 9.97. The molecule has 4 nitrogen and oxygen atoms in total. The van der Waals surface area contributed by atoms with Gasteiger partial charge in [-0.25, -0.2) is 0 Å². The van der Waals surface area contributed by atoms with Crippen LogP contribution in [-0.2, 0) is 16.0 Å². The van der Waals surface area contributed by atoms with Gasteiger partial charge in [-0.05, 0) is 43.4 Å². The van der Waals surface area contributed by atoms with E-state index >= 15 is 0 Å². The summed E-state index contributed by atoms with van der Waals surface area (Å²) in [5.41, 5.74) is 2.71. The summed E-state index contributed by atoms with van der Waals surface area (Å²) < 4.78 is 5.85. The van der Waals surface area contributed by atoms with E-state index in [1.54, 1.807) is 0 Å². The third kappa shape index (κ3) is 4.29. The lowest BCUT2D eigenvalue weighted by Crippen LogP contribution is -2.29. The van der Waals surface area contributed by atoms with E-state index in [9.17, 15) is 4.79 Å². The number of amides is 1. The van der Waals surface area contributed by atoms with Crippen molar-refractivity contribution < 1.29 is 9.53 Å². The molecule has 2 N–H and O–H groups in total. The van der Waals surface area contributed by atoms with Crippen LogP contribution in [0.5, 0.6) is 0 Å². The first-order chi connectivity index (χ1) is 10.3. The molecule has 1 aliphatic heterocycles. The maximum absolute atomic E-state index is 11.6. The molecule has 1 fully saturated rings. The smallest absolute Gasteiger partial charge is 0.220 e. The topological polar surface area (TPSA) is 50.4 Å². The van der Waals surface area contributed by atoms with Crippen molar-refractivity contribution in [2.75, 3.05) is 19.7 Å². The molecule has 0 aromatic heterocycles. The second-order valence-corrected chi connectivity index (χ2v) is 5.96. The second kappa shape index (κ2) is 7.05. The average Bonchev–Trinajstić information content (AvgIpc) is 3.31. The van der Waals surface area contributed by atoms with Crippen molar-refractivity contribution in [3.8, 4) is 0 Å². The van der Waals surface area contributed by atoms with Gasteiger partial charge in [-0.15, -0.1) is 0 Å². The van der Waals surface area contributed by atoms with Crippen molar-refractivity contribution in [3.05, 3.63) is 35.4 Å². The maximum Gasteiger partial charge on any atom is 0.220 e. The van der Waals surface area contributed by atoms with Gasteiger partial charge in [-0.3, -0.25) is 4.79 Å². The molecule has 1 aliphatic carbocycles. The molecular formula is C17H24N2O2. The molecule has 1 unspecified atom stereocenters. The lowest BCUT2D eigenvalue weighted by Gasteiger charge is -2.26. The van der Waals surface area contributed by atoms with Gasteiger partial charge in [0.25, 0.3) is 0 Å². The Morgan fingerprint density at radius 3 is 3.00 bits per heavy atom. The van der Waals surface area contributed by atoms with Gasteiger partial charge >= 0.3 is 0 Å². The van der Waals surface area contributed by atoms with Crippen LogP contribution >= 0.6 is 0 Å². The third-order valence-electron chi connectivity index (χ3n) is 4.12. The summed E-state index contributed by atoms with van der Waals surface area (Å²) >= 11 is 0. The molecule has 1 aromatic carbocycles. The molecule has 1 aromatic rings. The van der Waals surface area contributed by atoms with Gasteiger partial charge in [-0.1, -0.05) is 24.3 Å². The number of hydrogen-bond donors (Lipinski definition) is 2. The van der Waals surface area contributed by atoms with Crippen LogP contribution in [-0.4, -0.2) is 31.6 Å². The Morgan fingerprint density at radius 1 is 1.29 bits per heavy atom. The molecule has 1 amide bonds. The Labute approximate surface area is 126 Å². The van der Waals surface area contributed by atoms with Gasteiger partial charge < -0.3 is 15.4 Å². The molecule has 0 bridgehead atoms. The van der Waals surface area contributed by atoms with Crippen LogP contribution in [0.15, 0.2) is 24.3 Å². The van der Waals surface area contributed by atoms with E-state index in [1.807, 2.05) is 0 Å². The van der Waals surface area contributed by atoms with Crippen molar-refractivity contribution in [3.63, 3.8) is 0 Å². The fourth-order valence-electron chi connectivity index (χ4n) is 2.78. The zero-order chi connectivity index (χ0) is 14.5. The van der Waals surface area contributed by atoms with E-state index in [-0.39, 0.29) is 12.0 Å². The fraction of sp³-hybridized carbons (Fsp3) is 0.588. The van der Waals surface area contributed by atoms with Gasteiger partial charge in [0.15, 0.2) is 0 Å². The molecule has 0 radical (unpaired) electrons. The third-order valence-corrected chi connectivity index (χ3v) is 4.12. The van der Waals surface area contributed by atoms with Crippen LogP contribution in [0.3, 0.4) is 0 Å². The summed E-state index contributed by atoms with van der Waals surface area (Å²) in [5.74, 6) is 0.193. The summed E-state index contributed by atoms with van der Waals surface area (Å²) in [4.78, 5) is 11.6. The Bertz CT molecular complexity index is 485. The maximum atomic E-state index is 11.6. The number of rotatable bonds is 7. The number of carbonyl (C=O) groups excluding carboxylic acids is 1. The molecule has 21 heavy (non-hydrogen) atoms. The van der Waals surface area contributed by atoms with E-state index in [0.717, 1.165) is 45.4 Å². The number of carbonyl (C=O) groups is 1. The highest BCUT2D eigenvalue weighted by molar-refractivity contribution is 5.76. The Balaban J connectivity index is 1.35. The first-order valence-electron chi connectivity index (χ1n) is 8.02. The first-order valence-corrected chi connectivity index (χ1v) is 8.02. The summed E-state index contributed by atoms with van der Waals surface area (Å²) in [6.45, 7) is 2.48. The van der Waals surface area contributed by atoms with Crippen LogP contribution < -0.4 is 10.6 Å². The predicted octanol–water partition coefficient (Wildman–Crippen LogP) is 1.95. The first kappa shape index (κ1) is 14.5. The Kier molecular flexibility index (Phi) is 4.88. The van der Waals surface area contributed by atoms with Crippen LogP contribution in [0, 0.1) is 0 Å². The number of fused-ring (bicyclic) bond motifs is 1. The zero-order valence-corrected chi connectivity index (χ0v) is 12.4. The van der Waals surface area contributed by atoms with Crippen LogP contribution in [0.4, 0.5) is 0 Å². The summed E-state index contributed by atoms with van der Waals surface area (Å²) in [6.07, 6.45) is 4.97. The summed E-state index contributed by atoms with van der Waals surface area (Å²) in [6, 6.07) is 8.98. The highest BCUT2D eigenvalue weighted by atomic mass is 16.5. The predicted molar refractivity (Wildman–Crippen MR) is 82.1 cm³/mol. The van der Waals surface area contributed by atoms with Gasteiger partial charge in [0.2, 0.25) is 5.91 Å². The van der Waals surface area contributed by atoms with E-state index in [0.29, 0.717) is 12.5 Å². The average molecular weight is 288 g/mol. The molecule has 4 heteroatoms. The van der Waals surface area contributed by atoms with E-state index in [1.165, 1.54) is 11.1 Å². The van der Waals surface area contributed by atoms with E-state index < -0.39 is 0 Å². The highest BCUT2D eigenvalue weighted by Crippen LogP contribution is 2.26. The van der Waals surface area contributed by atoms with Crippen molar-refractivity contribution >= 4 is 5.91 Å². The number of ether oxygens (including phenoxy) is 1. The number of nitrogens with one attached hydrogen (secondary N) is 2. The molecule has 3 rings (SSSR count). The second-order valence-electron chi connectivity index (χ2n) is 5.96. The standard InChI is InChI=1S/C17H24N2O2/c20-17(19-14-7-8-14)6-3-10-18-12-16-15-5-2-1-4-13(15)9-11-21-16/h1-2,4-5,14,16,18H,3,6-12H2,(H,19,20). The SMILES string of the molecule is O=C(CCCNCC1OCCc2ccccc21)NC1CC1. The zero-order valence-electron chi connectivity index (χ0n) is 12.4. The van der Waals surface area contributed by atoms with Gasteiger partial charge in [-0.2, -0.15) is 0 Å². The summed E-state index contributed by atoms with van der Waals surface area (Å²) in [5, 5.41) is 6.43. The monoisotopic (exact) mass is 288 g/mol. The van der Waals surface area contributed by atoms with E-state index in [4.69, 9.17) is 4.74 Å². The van der Waals surface area contributed by atoms with Crippen LogP contribution in [0.25, 0.3) is 0 Å². The lowest BCUT2D eigenvalue weighted by molar-refractivity contribution is -0.121. The van der Waals surface area contributed by atoms with E-state index in [2.05, 4.69) is 34.9 Å². The van der Waals surface area contributed by atoms with Crippen LogP contribution in [0.2, 0.25) is 0 Å². The van der Waals surface area contributed by atoms with Gasteiger partial charge in [0, 0.05) is 19.0 Å². The van der Waals surface area contributed by atoms with Crippen molar-refractivity contribution in [1.82, 2.24) is 10.6 Å². The summed E-state index contributed by atoms with van der Waals surface area (Å²) in [7, 11) is 0. The molecule has 0 spiro atoms. The quantitative estimate of drug-likeness (QED) is 0.754. The molecule has 2 aliphatic rings. The van der Waals surface area contributed by atoms with Crippen molar-refractivity contribution in [1.29, 1.82) is 0 Å². The normalized spacial score (nSPS) is 20.9.